The maximum Gasteiger partial charge on any atom is 0.339 e. The molecule has 1 saturated heterocycles. The first-order chi connectivity index (χ1) is 11.1. The quantitative estimate of drug-likeness (QED) is 0.822. The summed E-state index contributed by atoms with van der Waals surface area (Å²) in [5.41, 5.74) is 0.228. The molecule has 2 aromatic heterocycles. The van der Waals surface area contributed by atoms with E-state index in [1.165, 1.54) is 16.9 Å². The summed E-state index contributed by atoms with van der Waals surface area (Å²) in [4.78, 5) is 15.3. The van der Waals surface area contributed by atoms with Crippen molar-refractivity contribution in [1.82, 2.24) is 14.8 Å². The van der Waals surface area contributed by atoms with Crippen LogP contribution in [0.4, 0.5) is 10.2 Å². The number of halogens is 1. The number of rotatable bonds is 5. The molecule has 0 bridgehead atoms. The highest BCUT2D eigenvalue weighted by atomic mass is 19.1. The van der Waals surface area contributed by atoms with Gasteiger partial charge in [0.05, 0.1) is 24.1 Å². The van der Waals surface area contributed by atoms with Crippen LogP contribution in [0.15, 0.2) is 18.3 Å². The predicted molar refractivity (Wildman–Crippen MR) is 78.6 cm³/mol. The summed E-state index contributed by atoms with van der Waals surface area (Å²) in [7, 11) is 0. The van der Waals surface area contributed by atoms with Gasteiger partial charge in [-0.25, -0.2) is 14.5 Å². The predicted octanol–water partition coefficient (Wildman–Crippen LogP) is 2.28. The summed E-state index contributed by atoms with van der Waals surface area (Å²) in [5, 5.41) is 16.5. The van der Waals surface area contributed by atoms with Gasteiger partial charge in [0.25, 0.3) is 0 Å². The molecule has 0 amide bonds. The standard InChI is InChI=1S/C15H15FN4O3/c16-14-9(3-4-11(19-14)18-8-1-2-8)13-10(15(21)22)7-17-20(13)12-5-6-23-12/h3-4,7-8,12H,1-2,5-6H2,(H,18,19)(H,21,22). The molecule has 120 valence electrons. The van der Waals surface area contributed by atoms with Crippen LogP contribution in [0.5, 0.6) is 0 Å². The van der Waals surface area contributed by atoms with E-state index in [9.17, 15) is 14.3 Å². The highest BCUT2D eigenvalue weighted by molar-refractivity contribution is 5.94. The lowest BCUT2D eigenvalue weighted by Crippen LogP contribution is -2.26. The van der Waals surface area contributed by atoms with E-state index in [1.807, 2.05) is 0 Å². The van der Waals surface area contributed by atoms with Crippen molar-refractivity contribution in [1.29, 1.82) is 0 Å². The first-order valence-electron chi connectivity index (χ1n) is 7.49. The molecule has 0 spiro atoms. The van der Waals surface area contributed by atoms with E-state index in [2.05, 4.69) is 15.4 Å². The largest absolute Gasteiger partial charge is 0.478 e. The Bertz CT molecular complexity index is 768. The molecule has 3 heterocycles. The van der Waals surface area contributed by atoms with Gasteiger partial charge in [-0.3, -0.25) is 0 Å². The lowest BCUT2D eigenvalue weighted by atomic mass is 10.1. The van der Waals surface area contributed by atoms with Crippen LogP contribution in [0.1, 0.15) is 35.8 Å². The van der Waals surface area contributed by atoms with Gasteiger partial charge in [0, 0.05) is 12.5 Å². The topological polar surface area (TPSA) is 89.3 Å². The van der Waals surface area contributed by atoms with Gasteiger partial charge in [-0.15, -0.1) is 0 Å². The molecule has 2 fully saturated rings. The minimum Gasteiger partial charge on any atom is -0.478 e. The van der Waals surface area contributed by atoms with Crippen molar-refractivity contribution in [3.05, 3.63) is 29.8 Å². The minimum absolute atomic E-state index is 0.0656. The number of pyridine rings is 1. The number of carboxylic acids is 1. The van der Waals surface area contributed by atoms with Crippen molar-refractivity contribution < 1.29 is 19.0 Å². The Labute approximate surface area is 131 Å². The maximum absolute atomic E-state index is 14.5. The SMILES string of the molecule is O=C(O)c1cnn(C2CCO2)c1-c1ccc(NC2CC2)nc1F. The summed E-state index contributed by atoms with van der Waals surface area (Å²) in [6.07, 6.45) is 3.68. The molecular weight excluding hydrogens is 303 g/mol. The zero-order chi connectivity index (χ0) is 16.0. The maximum atomic E-state index is 14.5. The summed E-state index contributed by atoms with van der Waals surface area (Å²) in [6, 6.07) is 3.55. The van der Waals surface area contributed by atoms with Gasteiger partial charge in [-0.05, 0) is 25.0 Å². The van der Waals surface area contributed by atoms with Crippen LogP contribution >= 0.6 is 0 Å². The molecule has 2 aromatic rings. The Morgan fingerprint density at radius 2 is 2.17 bits per heavy atom. The Hall–Kier alpha value is -2.48. The number of anilines is 1. The minimum atomic E-state index is -1.16. The monoisotopic (exact) mass is 318 g/mol. The molecule has 0 radical (unpaired) electrons. The first-order valence-corrected chi connectivity index (χ1v) is 7.49. The Morgan fingerprint density at radius 1 is 1.39 bits per heavy atom. The molecule has 2 N–H and O–H groups in total. The summed E-state index contributed by atoms with van der Waals surface area (Å²) < 4.78 is 21.2. The number of carbonyl (C=O) groups is 1. The van der Waals surface area contributed by atoms with E-state index >= 15 is 0 Å². The van der Waals surface area contributed by atoms with E-state index in [4.69, 9.17) is 4.74 Å². The van der Waals surface area contributed by atoms with Crippen LogP contribution in [-0.4, -0.2) is 38.5 Å². The van der Waals surface area contributed by atoms with Crippen molar-refractivity contribution in [2.45, 2.75) is 31.5 Å². The number of nitrogens with one attached hydrogen (secondary N) is 1. The van der Waals surface area contributed by atoms with E-state index in [1.54, 1.807) is 6.07 Å². The van der Waals surface area contributed by atoms with Crippen LogP contribution in [0.2, 0.25) is 0 Å². The van der Waals surface area contributed by atoms with E-state index < -0.39 is 11.9 Å². The van der Waals surface area contributed by atoms with Gasteiger partial charge in [0.2, 0.25) is 5.95 Å². The third kappa shape index (κ3) is 2.55. The molecule has 1 saturated carbocycles. The molecule has 1 atom stereocenters. The smallest absolute Gasteiger partial charge is 0.339 e. The molecule has 0 aromatic carbocycles. The lowest BCUT2D eigenvalue weighted by Gasteiger charge is -2.28. The molecule has 7 nitrogen and oxygen atoms in total. The van der Waals surface area contributed by atoms with E-state index in [-0.39, 0.29) is 23.0 Å². The van der Waals surface area contributed by atoms with Gasteiger partial charge in [-0.1, -0.05) is 0 Å². The van der Waals surface area contributed by atoms with Crippen LogP contribution in [0, 0.1) is 5.95 Å². The zero-order valence-electron chi connectivity index (χ0n) is 12.2. The molecule has 2 aliphatic rings. The lowest BCUT2D eigenvalue weighted by molar-refractivity contribution is -0.105. The Morgan fingerprint density at radius 3 is 2.74 bits per heavy atom. The molecule has 8 heteroatoms. The first kappa shape index (κ1) is 14.1. The number of aromatic nitrogens is 3. The van der Waals surface area contributed by atoms with Gasteiger partial charge in [0.1, 0.15) is 11.4 Å². The second-order valence-corrected chi connectivity index (χ2v) is 5.72. The molecular formula is C15H15FN4O3. The van der Waals surface area contributed by atoms with Crippen molar-refractivity contribution in [2.24, 2.45) is 0 Å². The molecule has 1 aliphatic carbocycles. The molecule has 4 rings (SSSR count). The highest BCUT2D eigenvalue weighted by Gasteiger charge is 2.29. The average Bonchev–Trinajstić information content (AvgIpc) is 3.15. The third-order valence-corrected chi connectivity index (χ3v) is 4.01. The highest BCUT2D eigenvalue weighted by Crippen LogP contribution is 2.33. The normalized spacial score (nSPS) is 20.1. The van der Waals surface area contributed by atoms with Crippen LogP contribution < -0.4 is 5.32 Å². The second-order valence-electron chi connectivity index (χ2n) is 5.72. The van der Waals surface area contributed by atoms with Crippen molar-refractivity contribution in [3.63, 3.8) is 0 Å². The number of hydrogen-bond donors (Lipinski definition) is 2. The summed E-state index contributed by atoms with van der Waals surface area (Å²) in [5.74, 6) is -1.43. The molecule has 23 heavy (non-hydrogen) atoms. The van der Waals surface area contributed by atoms with Gasteiger partial charge < -0.3 is 15.2 Å². The van der Waals surface area contributed by atoms with Crippen LogP contribution in [0.3, 0.4) is 0 Å². The van der Waals surface area contributed by atoms with Gasteiger partial charge in [-0.2, -0.15) is 9.49 Å². The summed E-state index contributed by atoms with van der Waals surface area (Å²) in [6.45, 7) is 0.581. The molecule has 1 aliphatic heterocycles. The van der Waals surface area contributed by atoms with Crippen LogP contribution in [0.25, 0.3) is 11.3 Å². The Kier molecular flexibility index (Phi) is 3.26. The second kappa shape index (κ2) is 5.31. The number of nitrogens with zero attached hydrogens (tertiary/aromatic N) is 3. The number of carboxylic acid groups (broad SMARTS) is 1. The fraction of sp³-hybridized carbons (Fsp3) is 0.400. The number of ether oxygens (including phenoxy) is 1. The van der Waals surface area contributed by atoms with Gasteiger partial charge in [0.15, 0.2) is 6.23 Å². The average molecular weight is 318 g/mol. The van der Waals surface area contributed by atoms with E-state index in [0.29, 0.717) is 24.9 Å². The Balaban J connectivity index is 1.76. The van der Waals surface area contributed by atoms with Crippen LogP contribution in [-0.2, 0) is 4.74 Å². The zero-order valence-corrected chi connectivity index (χ0v) is 12.2. The van der Waals surface area contributed by atoms with Crippen molar-refractivity contribution in [2.75, 3.05) is 11.9 Å². The molecule has 1 unspecified atom stereocenters. The van der Waals surface area contributed by atoms with Crippen molar-refractivity contribution in [3.8, 4) is 11.3 Å². The number of aromatic carboxylic acids is 1. The summed E-state index contributed by atoms with van der Waals surface area (Å²) >= 11 is 0. The van der Waals surface area contributed by atoms with Gasteiger partial charge >= 0.3 is 5.97 Å². The fourth-order valence-corrected chi connectivity index (χ4v) is 2.55. The fourth-order valence-electron chi connectivity index (χ4n) is 2.55. The number of hydrogen-bond acceptors (Lipinski definition) is 5. The van der Waals surface area contributed by atoms with E-state index in [0.717, 1.165) is 12.8 Å². The van der Waals surface area contributed by atoms with Crippen molar-refractivity contribution >= 4 is 11.8 Å². The third-order valence-electron chi connectivity index (χ3n) is 4.01.